The van der Waals surface area contributed by atoms with E-state index in [1.54, 1.807) is 0 Å². The number of phosphoric acid groups is 2. The average molecular weight is 1650 g/mol. The Labute approximate surface area is 696 Å². The third kappa shape index (κ3) is 87.7. The van der Waals surface area contributed by atoms with Gasteiger partial charge in [-0.15, -0.1) is 0 Å². The SMILES string of the molecule is CCCCCCCCCCCCCCCCCCCCCCCC(=O)OC[C@H](COP(=O)(O)OC[C@@H](O)COP(=O)(O)OC[C@@H](COC(=O)CCCCCCCCCCCCCC)OC(=O)CCCCCCCCCCCCCCCCCCC(C)C)OC(=O)CCCCCCCCCCCCCCCCCCCCC(C)C. The molecule has 0 aromatic rings. The fraction of sp³-hybridized carbons (Fsp3) is 0.957. The summed E-state index contributed by atoms with van der Waals surface area (Å²) >= 11 is 0. The van der Waals surface area contributed by atoms with Gasteiger partial charge >= 0.3 is 39.5 Å². The van der Waals surface area contributed by atoms with Crippen LogP contribution in [0.1, 0.15) is 510 Å². The van der Waals surface area contributed by atoms with Crippen molar-refractivity contribution >= 4 is 39.5 Å². The van der Waals surface area contributed by atoms with Gasteiger partial charge in [-0.2, -0.15) is 0 Å². The minimum absolute atomic E-state index is 0.109. The maximum Gasteiger partial charge on any atom is 0.472 e. The number of ether oxygens (including phenoxy) is 4. The zero-order valence-electron chi connectivity index (χ0n) is 74.7. The average Bonchev–Trinajstić information content (AvgIpc) is 0.904. The highest BCUT2D eigenvalue weighted by atomic mass is 31.2. The van der Waals surface area contributed by atoms with Crippen molar-refractivity contribution < 1.29 is 80.2 Å². The van der Waals surface area contributed by atoms with Crippen molar-refractivity contribution in [2.24, 2.45) is 11.8 Å². The molecule has 113 heavy (non-hydrogen) atoms. The Bertz CT molecular complexity index is 2150. The van der Waals surface area contributed by atoms with E-state index in [-0.39, 0.29) is 25.7 Å². The van der Waals surface area contributed by atoms with E-state index in [0.29, 0.717) is 25.7 Å². The van der Waals surface area contributed by atoms with E-state index < -0.39 is 97.5 Å². The molecule has 0 saturated heterocycles. The van der Waals surface area contributed by atoms with Crippen LogP contribution in [-0.4, -0.2) is 96.7 Å². The summed E-state index contributed by atoms with van der Waals surface area (Å²) in [5, 5.41) is 10.7. The molecule has 0 aliphatic rings. The van der Waals surface area contributed by atoms with E-state index in [1.807, 2.05) is 0 Å². The van der Waals surface area contributed by atoms with Crippen LogP contribution in [0.2, 0.25) is 0 Å². The summed E-state index contributed by atoms with van der Waals surface area (Å²) in [7, 11) is -9.94. The van der Waals surface area contributed by atoms with Crippen LogP contribution in [0.25, 0.3) is 0 Å². The van der Waals surface area contributed by atoms with E-state index >= 15 is 0 Å². The van der Waals surface area contributed by atoms with Crippen molar-refractivity contribution in [3.05, 3.63) is 0 Å². The Hall–Kier alpha value is -1.94. The summed E-state index contributed by atoms with van der Waals surface area (Å²) in [6, 6.07) is 0. The first kappa shape index (κ1) is 111. The maximum atomic E-state index is 13.2. The Kier molecular flexibility index (Phi) is 83.6. The number of hydrogen-bond donors (Lipinski definition) is 3. The number of carbonyl (C=O) groups excluding carboxylic acids is 4. The predicted octanol–water partition coefficient (Wildman–Crippen LogP) is 29.4. The highest BCUT2D eigenvalue weighted by Gasteiger charge is 2.31. The molecule has 0 saturated carbocycles. The van der Waals surface area contributed by atoms with Crippen molar-refractivity contribution in [3.63, 3.8) is 0 Å². The minimum atomic E-state index is -4.97. The fourth-order valence-corrected chi connectivity index (χ4v) is 16.4. The van der Waals surface area contributed by atoms with Crippen LogP contribution in [0.5, 0.6) is 0 Å². The number of phosphoric ester groups is 2. The summed E-state index contributed by atoms with van der Waals surface area (Å²) in [6.07, 6.45) is 80.6. The predicted molar refractivity (Wildman–Crippen MR) is 469 cm³/mol. The van der Waals surface area contributed by atoms with Gasteiger partial charge in [-0.05, 0) is 37.5 Å². The molecule has 5 atom stereocenters. The first-order valence-electron chi connectivity index (χ1n) is 48.5. The van der Waals surface area contributed by atoms with Gasteiger partial charge in [0, 0.05) is 25.7 Å². The number of hydrogen-bond acceptors (Lipinski definition) is 15. The van der Waals surface area contributed by atoms with Crippen LogP contribution in [-0.2, 0) is 65.4 Å². The molecule has 19 heteroatoms. The standard InChI is InChI=1S/C94H184O17P2/c1-7-9-11-13-15-17-19-21-22-23-24-25-26-30-36-41-47-53-59-65-71-77-92(97)105-83-90(111-93(98)78-72-66-60-54-48-42-37-31-28-27-29-34-39-44-50-56-62-68-74-86(3)4)85-109-113(102,103)107-81-88(95)80-106-112(100,101)108-84-89(82-104-91(96)76-70-64-58-52-46-20-18-16-14-12-10-8-2)110-94(99)79-73-67-61-55-49-43-38-33-32-35-40-45-51-57-63-69-75-87(5)6/h86-90,95H,7-85H2,1-6H3,(H,100,101)(H,102,103)/t88-,89+,90+/m0/s1. The van der Waals surface area contributed by atoms with Gasteiger partial charge in [-0.25, -0.2) is 9.13 Å². The summed E-state index contributed by atoms with van der Waals surface area (Å²) in [5.74, 6) is -0.461. The molecule has 672 valence electrons. The zero-order valence-corrected chi connectivity index (χ0v) is 76.5. The van der Waals surface area contributed by atoms with Crippen LogP contribution in [0.3, 0.4) is 0 Å². The fourth-order valence-electron chi connectivity index (χ4n) is 14.8. The van der Waals surface area contributed by atoms with Crippen molar-refractivity contribution in [2.45, 2.75) is 529 Å². The maximum absolute atomic E-state index is 13.2. The van der Waals surface area contributed by atoms with E-state index in [2.05, 4.69) is 41.5 Å². The second-order valence-corrected chi connectivity index (χ2v) is 37.6. The monoisotopic (exact) mass is 1650 g/mol. The quantitative estimate of drug-likeness (QED) is 0.0222. The smallest absolute Gasteiger partial charge is 0.462 e. The van der Waals surface area contributed by atoms with E-state index in [1.165, 1.54) is 327 Å². The minimum Gasteiger partial charge on any atom is -0.462 e. The van der Waals surface area contributed by atoms with Crippen molar-refractivity contribution in [3.8, 4) is 0 Å². The largest absolute Gasteiger partial charge is 0.472 e. The van der Waals surface area contributed by atoms with Crippen LogP contribution in [0.4, 0.5) is 0 Å². The molecule has 0 aliphatic heterocycles. The van der Waals surface area contributed by atoms with Gasteiger partial charge < -0.3 is 33.8 Å². The van der Waals surface area contributed by atoms with Crippen LogP contribution < -0.4 is 0 Å². The number of aliphatic hydroxyl groups is 1. The second kappa shape index (κ2) is 85.1. The lowest BCUT2D eigenvalue weighted by atomic mass is 10.0. The molecule has 0 rings (SSSR count). The molecule has 0 amide bonds. The highest BCUT2D eigenvalue weighted by molar-refractivity contribution is 7.47. The van der Waals surface area contributed by atoms with Crippen molar-refractivity contribution in [1.29, 1.82) is 0 Å². The Morgan fingerprint density at radius 1 is 0.239 bits per heavy atom. The van der Waals surface area contributed by atoms with Gasteiger partial charge in [0.05, 0.1) is 26.4 Å². The second-order valence-electron chi connectivity index (χ2n) is 34.7. The molecule has 0 aromatic carbocycles. The third-order valence-corrected chi connectivity index (χ3v) is 24.1. The van der Waals surface area contributed by atoms with E-state index in [0.717, 1.165) is 102 Å². The molecule has 0 aliphatic carbocycles. The van der Waals surface area contributed by atoms with Gasteiger partial charge in [-0.1, -0.05) is 459 Å². The lowest BCUT2D eigenvalue weighted by Crippen LogP contribution is -2.30. The van der Waals surface area contributed by atoms with Crippen LogP contribution in [0.15, 0.2) is 0 Å². The molecule has 0 heterocycles. The number of aliphatic hydroxyl groups excluding tert-OH is 1. The number of esters is 4. The third-order valence-electron chi connectivity index (χ3n) is 22.2. The van der Waals surface area contributed by atoms with Crippen LogP contribution >= 0.6 is 15.6 Å². The van der Waals surface area contributed by atoms with Crippen molar-refractivity contribution in [2.75, 3.05) is 39.6 Å². The topological polar surface area (TPSA) is 237 Å². The number of unbranched alkanes of at least 4 members (excludes halogenated alkanes) is 63. The molecule has 0 fully saturated rings. The molecule has 0 aromatic heterocycles. The first-order chi connectivity index (χ1) is 54.9. The summed E-state index contributed by atoms with van der Waals surface area (Å²) in [5.41, 5.74) is 0. The molecule has 0 radical (unpaired) electrons. The number of rotatable bonds is 93. The summed E-state index contributed by atoms with van der Waals surface area (Å²) in [4.78, 5) is 73.5. The van der Waals surface area contributed by atoms with Gasteiger partial charge in [0.25, 0.3) is 0 Å². The molecular weight excluding hydrogens is 1460 g/mol. The molecule has 2 unspecified atom stereocenters. The molecular formula is C94H184O17P2. The number of carbonyl (C=O) groups is 4. The van der Waals surface area contributed by atoms with Gasteiger partial charge in [-0.3, -0.25) is 37.3 Å². The molecule has 0 spiro atoms. The summed E-state index contributed by atoms with van der Waals surface area (Å²) < 4.78 is 69.2. The molecule has 3 N–H and O–H groups in total. The summed E-state index contributed by atoms with van der Waals surface area (Å²) in [6.45, 7) is 9.79. The zero-order chi connectivity index (χ0) is 82.7. The van der Waals surface area contributed by atoms with Crippen molar-refractivity contribution in [1.82, 2.24) is 0 Å². The Balaban J connectivity index is 5.24. The van der Waals surface area contributed by atoms with Crippen LogP contribution in [0, 0.1) is 11.8 Å². The van der Waals surface area contributed by atoms with Gasteiger partial charge in [0.2, 0.25) is 0 Å². The first-order valence-corrected chi connectivity index (χ1v) is 51.5. The lowest BCUT2D eigenvalue weighted by molar-refractivity contribution is -0.161. The Morgan fingerprint density at radius 2 is 0.407 bits per heavy atom. The van der Waals surface area contributed by atoms with E-state index in [9.17, 15) is 43.2 Å². The van der Waals surface area contributed by atoms with Gasteiger partial charge in [0.15, 0.2) is 12.2 Å². The molecule has 0 bridgehead atoms. The van der Waals surface area contributed by atoms with E-state index in [4.69, 9.17) is 37.0 Å². The highest BCUT2D eigenvalue weighted by Crippen LogP contribution is 2.45. The molecule has 17 nitrogen and oxygen atoms in total. The van der Waals surface area contributed by atoms with Gasteiger partial charge in [0.1, 0.15) is 19.3 Å². The normalized spacial score (nSPS) is 13.7. The lowest BCUT2D eigenvalue weighted by Gasteiger charge is -2.21. The Morgan fingerprint density at radius 3 is 0.602 bits per heavy atom.